The number of amides is 2. The van der Waals surface area contributed by atoms with Crippen LogP contribution in [0.2, 0.25) is 5.02 Å². The zero-order valence-corrected chi connectivity index (χ0v) is 20.7. The Hall–Kier alpha value is -3.48. The molecule has 35 heavy (non-hydrogen) atoms. The maximum atomic E-state index is 13.0. The molecule has 0 unspecified atom stereocenters. The van der Waals surface area contributed by atoms with Gasteiger partial charge >= 0.3 is 0 Å². The minimum Gasteiger partial charge on any atom is -0.490 e. The molecule has 0 saturated carbocycles. The minimum atomic E-state index is -0.307. The number of rotatable bonds is 7. The number of carbonyl (C=O) groups is 2. The van der Waals surface area contributed by atoms with Gasteiger partial charge in [0.1, 0.15) is 12.4 Å². The van der Waals surface area contributed by atoms with Gasteiger partial charge in [-0.05, 0) is 48.5 Å². The number of thioether (sulfide) groups is 1. The van der Waals surface area contributed by atoms with Crippen molar-refractivity contribution in [1.82, 2.24) is 9.47 Å². The molecule has 2 amide bonds. The molecule has 176 valence electrons. The van der Waals surface area contributed by atoms with Crippen molar-refractivity contribution in [1.29, 1.82) is 0 Å². The van der Waals surface area contributed by atoms with Gasteiger partial charge in [0.25, 0.3) is 11.1 Å². The molecule has 7 heteroatoms. The van der Waals surface area contributed by atoms with Crippen LogP contribution in [0.1, 0.15) is 16.7 Å². The van der Waals surface area contributed by atoms with Gasteiger partial charge in [0.05, 0.1) is 16.5 Å². The van der Waals surface area contributed by atoms with Gasteiger partial charge in [0.2, 0.25) is 0 Å². The Morgan fingerprint density at radius 2 is 1.71 bits per heavy atom. The van der Waals surface area contributed by atoms with E-state index in [-0.39, 0.29) is 24.3 Å². The Labute approximate surface area is 212 Å². The van der Waals surface area contributed by atoms with Gasteiger partial charge in [-0.25, -0.2) is 0 Å². The lowest BCUT2D eigenvalue weighted by Gasteiger charge is -2.13. The lowest BCUT2D eigenvalue weighted by molar-refractivity contribution is -0.123. The van der Waals surface area contributed by atoms with Crippen LogP contribution in [-0.2, 0) is 11.3 Å². The van der Waals surface area contributed by atoms with Gasteiger partial charge in [0, 0.05) is 29.2 Å². The Morgan fingerprint density at radius 3 is 2.51 bits per heavy atom. The zero-order valence-electron chi connectivity index (χ0n) is 19.1. The van der Waals surface area contributed by atoms with Gasteiger partial charge in [-0.3, -0.25) is 14.5 Å². The highest BCUT2D eigenvalue weighted by Gasteiger charge is 2.35. The van der Waals surface area contributed by atoms with Gasteiger partial charge in [-0.2, -0.15) is 0 Å². The first-order valence-corrected chi connectivity index (χ1v) is 12.4. The predicted octanol–water partition coefficient (Wildman–Crippen LogP) is 6.77. The van der Waals surface area contributed by atoms with E-state index in [0.717, 1.165) is 34.8 Å². The number of aromatic nitrogens is 1. The molecule has 5 nitrogen and oxygen atoms in total. The third-order valence-corrected chi connectivity index (χ3v) is 7.08. The first-order chi connectivity index (χ1) is 17.0. The molecular formula is C28H23ClN2O3S. The van der Waals surface area contributed by atoms with E-state index in [4.69, 9.17) is 16.3 Å². The monoisotopic (exact) mass is 502 g/mol. The largest absolute Gasteiger partial charge is 0.490 e. The third-order valence-electron chi connectivity index (χ3n) is 5.86. The number of hydrogen-bond acceptors (Lipinski definition) is 4. The second-order valence-corrected chi connectivity index (χ2v) is 9.73. The average molecular weight is 503 g/mol. The van der Waals surface area contributed by atoms with E-state index < -0.39 is 0 Å². The summed E-state index contributed by atoms with van der Waals surface area (Å²) < 4.78 is 7.84. The van der Waals surface area contributed by atoms with Crippen molar-refractivity contribution in [3.05, 3.63) is 106 Å². The lowest BCUT2D eigenvalue weighted by atomic mass is 10.1. The molecule has 0 spiro atoms. The molecule has 1 aromatic heterocycles. The number of imide groups is 1. The van der Waals surface area contributed by atoms with Gasteiger partial charge < -0.3 is 9.30 Å². The summed E-state index contributed by atoms with van der Waals surface area (Å²) in [5, 5.41) is 1.23. The molecule has 1 aliphatic rings. The maximum absolute atomic E-state index is 13.0. The van der Waals surface area contributed by atoms with E-state index in [1.165, 1.54) is 16.0 Å². The van der Waals surface area contributed by atoms with Crippen LogP contribution < -0.4 is 4.74 Å². The highest BCUT2D eigenvalue weighted by molar-refractivity contribution is 8.18. The van der Waals surface area contributed by atoms with Crippen molar-refractivity contribution < 1.29 is 14.3 Å². The molecule has 3 aromatic carbocycles. The summed E-state index contributed by atoms with van der Waals surface area (Å²) in [4.78, 5) is 27.2. The van der Waals surface area contributed by atoms with Crippen LogP contribution in [0.4, 0.5) is 4.79 Å². The molecule has 2 heterocycles. The average Bonchev–Trinajstić information content (AvgIpc) is 3.33. The molecule has 0 atom stereocenters. The molecule has 0 radical (unpaired) electrons. The Morgan fingerprint density at radius 1 is 0.971 bits per heavy atom. The minimum absolute atomic E-state index is 0.155. The number of para-hydroxylation sites is 2. The summed E-state index contributed by atoms with van der Waals surface area (Å²) >= 11 is 7.07. The standard InChI is InChI=1S/C28H23ClN2O3S/c1-19-10-12-20(13-11-19)17-30-18-21(22-6-2-4-8-24(22)30)16-26-27(32)31(28(33)35-26)14-15-34-25-9-5-3-7-23(25)29/h2-13,16,18H,14-15,17H2,1H3/b26-16-. The first kappa shape index (κ1) is 23.3. The number of nitrogens with zero attached hydrogens (tertiary/aromatic N) is 2. The van der Waals surface area contributed by atoms with Crippen LogP contribution in [0.5, 0.6) is 5.75 Å². The van der Waals surface area contributed by atoms with Gasteiger partial charge in [-0.15, -0.1) is 0 Å². The summed E-state index contributed by atoms with van der Waals surface area (Å²) in [5.74, 6) is 0.219. The molecule has 4 aromatic rings. The summed E-state index contributed by atoms with van der Waals surface area (Å²) in [6.45, 7) is 3.12. The van der Waals surface area contributed by atoms with Crippen molar-refractivity contribution in [2.24, 2.45) is 0 Å². The van der Waals surface area contributed by atoms with Crippen LogP contribution in [-0.4, -0.2) is 33.8 Å². The van der Waals surface area contributed by atoms with Crippen molar-refractivity contribution in [2.75, 3.05) is 13.2 Å². The molecule has 0 bridgehead atoms. The van der Waals surface area contributed by atoms with E-state index in [1.54, 1.807) is 12.1 Å². The summed E-state index contributed by atoms with van der Waals surface area (Å²) in [6.07, 6.45) is 3.85. The lowest BCUT2D eigenvalue weighted by Crippen LogP contribution is -2.32. The number of ether oxygens (including phenoxy) is 1. The fourth-order valence-corrected chi connectivity index (χ4v) is 5.10. The Kier molecular flexibility index (Phi) is 6.66. The summed E-state index contributed by atoms with van der Waals surface area (Å²) in [6, 6.07) is 23.7. The molecule has 5 rings (SSSR count). The van der Waals surface area contributed by atoms with E-state index >= 15 is 0 Å². The van der Waals surface area contributed by atoms with E-state index in [9.17, 15) is 9.59 Å². The normalized spacial score (nSPS) is 14.9. The molecule has 0 N–H and O–H groups in total. The smallest absolute Gasteiger partial charge is 0.293 e. The second-order valence-electron chi connectivity index (χ2n) is 8.33. The zero-order chi connectivity index (χ0) is 24.4. The Balaban J connectivity index is 1.35. The summed E-state index contributed by atoms with van der Waals surface area (Å²) in [7, 11) is 0. The van der Waals surface area contributed by atoms with E-state index in [2.05, 4.69) is 41.8 Å². The topological polar surface area (TPSA) is 51.5 Å². The van der Waals surface area contributed by atoms with E-state index in [0.29, 0.717) is 15.7 Å². The number of hydrogen-bond donors (Lipinski definition) is 0. The number of halogens is 1. The fourth-order valence-electron chi connectivity index (χ4n) is 4.05. The highest BCUT2D eigenvalue weighted by atomic mass is 35.5. The quantitative estimate of drug-likeness (QED) is 0.262. The molecule has 1 fully saturated rings. The van der Waals surface area contributed by atoms with Crippen molar-refractivity contribution in [3.63, 3.8) is 0 Å². The van der Waals surface area contributed by atoms with Crippen LogP contribution in [0.15, 0.2) is 83.9 Å². The first-order valence-electron chi connectivity index (χ1n) is 11.3. The number of carbonyl (C=O) groups excluding carboxylic acids is 2. The Bertz CT molecular complexity index is 1440. The van der Waals surface area contributed by atoms with Crippen LogP contribution in [0, 0.1) is 6.92 Å². The van der Waals surface area contributed by atoms with Crippen molar-refractivity contribution >= 4 is 51.5 Å². The molecular weight excluding hydrogens is 480 g/mol. The molecule has 0 aliphatic carbocycles. The number of fused-ring (bicyclic) bond motifs is 1. The molecule has 1 saturated heterocycles. The van der Waals surface area contributed by atoms with Crippen LogP contribution in [0.3, 0.4) is 0 Å². The second kappa shape index (κ2) is 10.0. The SMILES string of the molecule is Cc1ccc(Cn2cc(/C=C3\SC(=O)N(CCOc4ccccc4Cl)C3=O)c3ccccc32)cc1. The van der Waals surface area contributed by atoms with Crippen LogP contribution in [0.25, 0.3) is 17.0 Å². The predicted molar refractivity (Wildman–Crippen MR) is 142 cm³/mol. The fraction of sp³-hybridized carbons (Fsp3) is 0.143. The van der Waals surface area contributed by atoms with Crippen LogP contribution >= 0.6 is 23.4 Å². The van der Waals surface area contributed by atoms with Gasteiger partial charge in [-0.1, -0.05) is 71.8 Å². The molecule has 1 aliphatic heterocycles. The van der Waals surface area contributed by atoms with Gasteiger partial charge in [0.15, 0.2) is 0 Å². The summed E-state index contributed by atoms with van der Waals surface area (Å²) in [5.41, 5.74) is 4.40. The highest BCUT2D eigenvalue weighted by Crippen LogP contribution is 2.34. The van der Waals surface area contributed by atoms with Crippen molar-refractivity contribution in [3.8, 4) is 5.75 Å². The van der Waals surface area contributed by atoms with Crippen molar-refractivity contribution in [2.45, 2.75) is 13.5 Å². The number of benzene rings is 3. The number of aryl methyl sites for hydroxylation is 1. The third kappa shape index (κ3) is 4.99. The maximum Gasteiger partial charge on any atom is 0.293 e. The van der Waals surface area contributed by atoms with E-state index in [1.807, 2.05) is 42.6 Å².